The predicted molar refractivity (Wildman–Crippen MR) is 124 cm³/mol. The third-order valence-electron chi connectivity index (χ3n) is 4.86. The number of carbonyl (C=O) groups is 2. The summed E-state index contributed by atoms with van der Waals surface area (Å²) in [6.45, 7) is 1.92. The molecule has 2 N–H and O–H groups in total. The van der Waals surface area contributed by atoms with Gasteiger partial charge in [-0.15, -0.1) is 10.2 Å². The van der Waals surface area contributed by atoms with Crippen LogP contribution in [-0.2, 0) is 11.8 Å². The van der Waals surface area contributed by atoms with E-state index in [9.17, 15) is 9.59 Å². The van der Waals surface area contributed by atoms with Gasteiger partial charge in [0.05, 0.1) is 17.5 Å². The molecule has 0 unspecified atom stereocenters. The molecule has 0 fully saturated rings. The van der Waals surface area contributed by atoms with Crippen molar-refractivity contribution >= 4 is 29.3 Å². The molecule has 2 heterocycles. The Morgan fingerprint density at radius 2 is 1.82 bits per heavy atom. The topological polar surface area (TPSA) is 120 Å². The Morgan fingerprint density at radius 1 is 1.06 bits per heavy atom. The molecule has 10 nitrogen and oxygen atoms in total. The summed E-state index contributed by atoms with van der Waals surface area (Å²) in [5.41, 5.74) is 2.98. The normalized spacial score (nSPS) is 11.7. The van der Waals surface area contributed by atoms with Gasteiger partial charge in [-0.1, -0.05) is 23.9 Å². The maximum atomic E-state index is 12.6. The number of aromatic nitrogens is 6. The Hall–Kier alpha value is -3.99. The molecule has 11 heteroatoms. The van der Waals surface area contributed by atoms with E-state index in [-0.39, 0.29) is 23.6 Å². The second-order valence-corrected chi connectivity index (χ2v) is 8.21. The number of thioether (sulfide) groups is 1. The zero-order chi connectivity index (χ0) is 23.2. The highest BCUT2D eigenvalue weighted by atomic mass is 32.2. The summed E-state index contributed by atoms with van der Waals surface area (Å²) in [5.74, 6) is -0.149. The van der Waals surface area contributed by atoms with Gasteiger partial charge in [-0.3, -0.25) is 9.59 Å². The molecule has 0 aliphatic rings. The van der Waals surface area contributed by atoms with E-state index < -0.39 is 0 Å². The fraction of sp³-hybridized carbons (Fsp3) is 0.182. The summed E-state index contributed by atoms with van der Waals surface area (Å²) in [6.07, 6.45) is 4.69. The van der Waals surface area contributed by atoms with Crippen LogP contribution in [0.4, 0.5) is 5.69 Å². The summed E-state index contributed by atoms with van der Waals surface area (Å²) in [7, 11) is 1.82. The number of hydrogen-bond acceptors (Lipinski definition) is 7. The first-order chi connectivity index (χ1) is 16.0. The van der Waals surface area contributed by atoms with E-state index in [4.69, 9.17) is 0 Å². The van der Waals surface area contributed by atoms with E-state index in [2.05, 4.69) is 30.9 Å². The number of anilines is 1. The third-order valence-corrected chi connectivity index (χ3v) is 5.89. The fourth-order valence-corrected chi connectivity index (χ4v) is 3.74. The molecule has 168 valence electrons. The van der Waals surface area contributed by atoms with Gasteiger partial charge in [-0.2, -0.15) is 5.10 Å². The standard InChI is InChI=1S/C22H22N8O2S/c1-15(16-5-9-19(10-6-16)30-13-23-12-25-30)26-21(32)17-3-7-18(8-4-17)27-20(31)11-33-22-28-24-14-29(22)2/h3-10,12-15H,11H2,1-2H3,(H,26,32)(H,27,31)/t15-/m0/s1. The van der Waals surface area contributed by atoms with Crippen LogP contribution in [-0.4, -0.2) is 47.1 Å². The van der Waals surface area contributed by atoms with Crippen molar-refractivity contribution in [1.29, 1.82) is 0 Å². The van der Waals surface area contributed by atoms with Crippen molar-refractivity contribution in [2.24, 2.45) is 7.05 Å². The number of rotatable bonds is 8. The van der Waals surface area contributed by atoms with Crippen molar-refractivity contribution in [2.75, 3.05) is 11.1 Å². The molecule has 0 saturated carbocycles. The SMILES string of the molecule is C[C@H](NC(=O)c1ccc(NC(=O)CSc2nncn2C)cc1)c1ccc(-n2cncn2)cc1. The molecule has 4 rings (SSSR count). The molecule has 0 aliphatic heterocycles. The maximum absolute atomic E-state index is 12.6. The Morgan fingerprint density at radius 3 is 2.45 bits per heavy atom. The van der Waals surface area contributed by atoms with Gasteiger partial charge in [0.15, 0.2) is 5.16 Å². The second kappa shape index (κ2) is 10.1. The van der Waals surface area contributed by atoms with E-state index in [1.54, 1.807) is 46.2 Å². The Labute approximate surface area is 194 Å². The van der Waals surface area contributed by atoms with Gasteiger partial charge < -0.3 is 15.2 Å². The maximum Gasteiger partial charge on any atom is 0.251 e. The van der Waals surface area contributed by atoms with Crippen molar-refractivity contribution in [2.45, 2.75) is 18.1 Å². The van der Waals surface area contributed by atoms with Gasteiger partial charge in [0, 0.05) is 18.3 Å². The molecule has 1 atom stereocenters. The number of benzene rings is 2. The van der Waals surface area contributed by atoms with E-state index in [1.807, 2.05) is 38.2 Å². The van der Waals surface area contributed by atoms with E-state index in [0.717, 1.165) is 11.3 Å². The van der Waals surface area contributed by atoms with E-state index in [0.29, 0.717) is 16.4 Å². The van der Waals surface area contributed by atoms with Crippen molar-refractivity contribution in [1.82, 2.24) is 34.8 Å². The first-order valence-electron chi connectivity index (χ1n) is 10.1. The summed E-state index contributed by atoms with van der Waals surface area (Å²) >= 11 is 1.30. The lowest BCUT2D eigenvalue weighted by Crippen LogP contribution is -2.26. The molecule has 33 heavy (non-hydrogen) atoms. The zero-order valence-electron chi connectivity index (χ0n) is 18.0. The van der Waals surface area contributed by atoms with Crippen molar-refractivity contribution in [3.8, 4) is 5.69 Å². The smallest absolute Gasteiger partial charge is 0.251 e. The molecule has 2 aromatic carbocycles. The highest BCUT2D eigenvalue weighted by Gasteiger charge is 2.13. The molecule has 2 amide bonds. The highest BCUT2D eigenvalue weighted by molar-refractivity contribution is 7.99. The molecule has 4 aromatic rings. The average molecular weight is 463 g/mol. The molecule has 0 saturated heterocycles. The van der Waals surface area contributed by atoms with Crippen LogP contribution in [0.1, 0.15) is 28.9 Å². The molecule has 0 radical (unpaired) electrons. The van der Waals surface area contributed by atoms with Crippen LogP contribution in [0.15, 0.2) is 72.7 Å². The monoisotopic (exact) mass is 462 g/mol. The lowest BCUT2D eigenvalue weighted by Gasteiger charge is -2.15. The van der Waals surface area contributed by atoms with Crippen LogP contribution < -0.4 is 10.6 Å². The van der Waals surface area contributed by atoms with Crippen LogP contribution >= 0.6 is 11.8 Å². The number of nitrogens with one attached hydrogen (secondary N) is 2. The van der Waals surface area contributed by atoms with Crippen molar-refractivity contribution in [3.05, 3.63) is 78.6 Å². The highest BCUT2D eigenvalue weighted by Crippen LogP contribution is 2.18. The van der Waals surface area contributed by atoms with Crippen molar-refractivity contribution < 1.29 is 9.59 Å². The largest absolute Gasteiger partial charge is 0.346 e. The van der Waals surface area contributed by atoms with Gasteiger partial charge in [0.25, 0.3) is 5.91 Å². The first-order valence-corrected chi connectivity index (χ1v) is 11.1. The summed E-state index contributed by atoms with van der Waals surface area (Å²) in [4.78, 5) is 28.7. The van der Waals surface area contributed by atoms with Crippen LogP contribution in [0.2, 0.25) is 0 Å². The zero-order valence-corrected chi connectivity index (χ0v) is 18.9. The van der Waals surface area contributed by atoms with E-state index >= 15 is 0 Å². The van der Waals surface area contributed by atoms with Gasteiger partial charge >= 0.3 is 0 Å². The lowest BCUT2D eigenvalue weighted by molar-refractivity contribution is -0.113. The number of hydrogen-bond donors (Lipinski definition) is 2. The van der Waals surface area contributed by atoms with Crippen LogP contribution in [0.3, 0.4) is 0 Å². The molecular formula is C22H22N8O2S. The van der Waals surface area contributed by atoms with E-state index in [1.165, 1.54) is 18.1 Å². The quantitative estimate of drug-likeness (QED) is 0.386. The fourth-order valence-electron chi connectivity index (χ4n) is 3.06. The van der Waals surface area contributed by atoms with Gasteiger partial charge in [-0.25, -0.2) is 9.67 Å². The predicted octanol–water partition coefficient (Wildman–Crippen LogP) is 2.62. The number of amides is 2. The Kier molecular flexibility index (Phi) is 6.79. The van der Waals surface area contributed by atoms with Crippen LogP contribution in [0.25, 0.3) is 5.69 Å². The average Bonchev–Trinajstić information content (AvgIpc) is 3.50. The second-order valence-electron chi connectivity index (χ2n) is 7.27. The molecular weight excluding hydrogens is 440 g/mol. The molecule has 0 aliphatic carbocycles. The minimum atomic E-state index is -0.196. The number of aryl methyl sites for hydroxylation is 1. The van der Waals surface area contributed by atoms with Crippen LogP contribution in [0, 0.1) is 0 Å². The van der Waals surface area contributed by atoms with Crippen LogP contribution in [0.5, 0.6) is 0 Å². The summed E-state index contributed by atoms with van der Waals surface area (Å²) < 4.78 is 3.42. The number of nitrogens with zero attached hydrogens (tertiary/aromatic N) is 6. The van der Waals surface area contributed by atoms with Crippen molar-refractivity contribution in [3.63, 3.8) is 0 Å². The Balaban J connectivity index is 1.29. The summed E-state index contributed by atoms with van der Waals surface area (Å²) in [5, 5.41) is 18.3. The van der Waals surface area contributed by atoms with Gasteiger partial charge in [0.1, 0.15) is 19.0 Å². The third kappa shape index (κ3) is 5.63. The van der Waals surface area contributed by atoms with Gasteiger partial charge in [-0.05, 0) is 48.9 Å². The van der Waals surface area contributed by atoms with Gasteiger partial charge in [0.2, 0.25) is 5.91 Å². The minimum absolute atomic E-state index is 0.164. The first kappa shape index (κ1) is 22.2. The Bertz CT molecular complexity index is 1220. The number of carbonyl (C=O) groups excluding carboxylic acids is 2. The summed E-state index contributed by atoms with van der Waals surface area (Å²) in [6, 6.07) is 14.3. The minimum Gasteiger partial charge on any atom is -0.346 e. The molecule has 0 spiro atoms. The lowest BCUT2D eigenvalue weighted by atomic mass is 10.1. The molecule has 0 bridgehead atoms. The molecule has 2 aromatic heterocycles.